The van der Waals surface area contributed by atoms with Crippen LogP contribution in [0.3, 0.4) is 0 Å². The number of carboxylic acids is 1. The molecule has 0 heterocycles. The Labute approximate surface area is 208 Å². The van der Waals surface area contributed by atoms with Crippen LogP contribution in [0.2, 0.25) is 0 Å². The Hall–Kier alpha value is -4.37. The molecule has 0 saturated carbocycles. The maximum absolute atomic E-state index is 12.1. The summed E-state index contributed by atoms with van der Waals surface area (Å²) >= 11 is 0. The van der Waals surface area contributed by atoms with Gasteiger partial charge in [-0.3, -0.25) is 9.59 Å². The van der Waals surface area contributed by atoms with E-state index in [0.29, 0.717) is 34.5 Å². The van der Waals surface area contributed by atoms with Gasteiger partial charge in [0.1, 0.15) is 18.1 Å². The second kappa shape index (κ2) is 12.9. The molecule has 0 unspecified atom stereocenters. The fraction of sp³-hybridized carbons (Fsp3) is 0.222. The molecule has 0 amide bonds. The average molecular weight is 494 g/mol. The molecule has 0 fully saturated rings. The van der Waals surface area contributed by atoms with Gasteiger partial charge < -0.3 is 29.7 Å². The molecule has 3 aromatic rings. The highest BCUT2D eigenvalue weighted by Gasteiger charge is 2.15. The fourth-order valence-electron chi connectivity index (χ4n) is 3.62. The van der Waals surface area contributed by atoms with E-state index in [9.17, 15) is 14.4 Å². The molecule has 3 N–H and O–H groups in total. The Kier molecular flexibility index (Phi) is 9.41. The van der Waals surface area contributed by atoms with Crippen LogP contribution in [0, 0.1) is 0 Å². The van der Waals surface area contributed by atoms with Crippen LogP contribution in [0.1, 0.15) is 23.1 Å². The summed E-state index contributed by atoms with van der Waals surface area (Å²) in [5, 5.41) is 21.3. The van der Waals surface area contributed by atoms with Gasteiger partial charge in [0.15, 0.2) is 0 Å². The number of ether oxygens (including phenoxy) is 3. The first kappa shape index (κ1) is 26.2. The summed E-state index contributed by atoms with van der Waals surface area (Å²) in [6.07, 6.45) is -1.45. The standard InChI is InChI=1S/C27H27NO8/c1-34-24-10-7-19(14-25(29)30)13-23(24)22-9-8-21(36-27(32)33)15-20(22)16-28-12-11-26(31)35-17-18-5-3-2-4-6-18/h2-10,13,15,28H,11-12,14,16-17H2,1H3,(H,29,30)(H,32,33). The zero-order valence-corrected chi connectivity index (χ0v) is 19.7. The van der Waals surface area contributed by atoms with Crippen LogP contribution in [0.4, 0.5) is 4.79 Å². The molecule has 9 heteroatoms. The number of hydrogen-bond acceptors (Lipinski definition) is 7. The Balaban J connectivity index is 1.73. The SMILES string of the molecule is COc1ccc(CC(=O)O)cc1-c1ccc(OC(=O)O)cc1CNCCC(=O)OCc1ccccc1. The van der Waals surface area contributed by atoms with Crippen molar-refractivity contribution in [3.63, 3.8) is 0 Å². The molecule has 0 atom stereocenters. The second-order valence-corrected chi connectivity index (χ2v) is 7.87. The van der Waals surface area contributed by atoms with Gasteiger partial charge in [-0.1, -0.05) is 42.5 Å². The van der Waals surface area contributed by atoms with Gasteiger partial charge in [0.05, 0.1) is 20.0 Å². The summed E-state index contributed by atoms with van der Waals surface area (Å²) in [7, 11) is 1.51. The van der Waals surface area contributed by atoms with Gasteiger partial charge in [0.25, 0.3) is 0 Å². The molecule has 0 saturated heterocycles. The smallest absolute Gasteiger partial charge is 0.496 e. The molecule has 36 heavy (non-hydrogen) atoms. The fourth-order valence-corrected chi connectivity index (χ4v) is 3.62. The maximum atomic E-state index is 12.1. The lowest BCUT2D eigenvalue weighted by Gasteiger charge is -2.16. The molecular weight excluding hydrogens is 466 g/mol. The van der Waals surface area contributed by atoms with Crippen LogP contribution in [-0.2, 0) is 33.9 Å². The highest BCUT2D eigenvalue weighted by Crippen LogP contribution is 2.35. The molecular formula is C27H27NO8. The number of esters is 1. The molecule has 0 aliphatic rings. The van der Waals surface area contributed by atoms with Gasteiger partial charge in [-0.2, -0.15) is 0 Å². The highest BCUT2D eigenvalue weighted by atomic mass is 16.7. The molecule has 9 nitrogen and oxygen atoms in total. The highest BCUT2D eigenvalue weighted by molar-refractivity contribution is 5.77. The summed E-state index contributed by atoms with van der Waals surface area (Å²) in [4.78, 5) is 34.3. The molecule has 0 bridgehead atoms. The Bertz CT molecular complexity index is 1210. The predicted molar refractivity (Wildman–Crippen MR) is 131 cm³/mol. The summed E-state index contributed by atoms with van der Waals surface area (Å²) in [6, 6.07) is 19.2. The minimum atomic E-state index is -1.44. The summed E-state index contributed by atoms with van der Waals surface area (Å²) < 4.78 is 15.6. The molecule has 188 valence electrons. The zero-order chi connectivity index (χ0) is 25.9. The summed E-state index contributed by atoms with van der Waals surface area (Å²) in [6.45, 7) is 0.808. The minimum Gasteiger partial charge on any atom is -0.496 e. The first-order valence-electron chi connectivity index (χ1n) is 11.2. The van der Waals surface area contributed by atoms with E-state index < -0.39 is 12.1 Å². The lowest BCUT2D eigenvalue weighted by atomic mass is 9.96. The van der Waals surface area contributed by atoms with E-state index in [2.05, 4.69) is 5.32 Å². The maximum Gasteiger partial charge on any atom is 0.511 e. The predicted octanol–water partition coefficient (Wildman–Crippen LogP) is 4.27. The van der Waals surface area contributed by atoms with Crippen molar-refractivity contribution in [1.82, 2.24) is 5.32 Å². The van der Waals surface area contributed by atoms with Crippen molar-refractivity contribution >= 4 is 18.1 Å². The van der Waals surface area contributed by atoms with Crippen LogP contribution in [-0.4, -0.2) is 42.0 Å². The molecule has 0 aliphatic heterocycles. The number of carbonyl (C=O) groups is 3. The van der Waals surface area contributed by atoms with Gasteiger partial charge in [-0.05, 0) is 46.5 Å². The zero-order valence-electron chi connectivity index (χ0n) is 19.7. The number of benzene rings is 3. The van der Waals surface area contributed by atoms with Crippen LogP contribution in [0.5, 0.6) is 11.5 Å². The lowest BCUT2D eigenvalue weighted by molar-refractivity contribution is -0.144. The lowest BCUT2D eigenvalue weighted by Crippen LogP contribution is -2.19. The summed E-state index contributed by atoms with van der Waals surface area (Å²) in [5.41, 5.74) is 3.52. The number of aliphatic carboxylic acids is 1. The molecule has 0 aliphatic carbocycles. The largest absolute Gasteiger partial charge is 0.511 e. The monoisotopic (exact) mass is 493 g/mol. The molecule has 0 spiro atoms. The van der Waals surface area contributed by atoms with Gasteiger partial charge in [0.2, 0.25) is 0 Å². The number of nitrogens with one attached hydrogen (secondary N) is 1. The number of methoxy groups -OCH3 is 1. The normalized spacial score (nSPS) is 10.5. The van der Waals surface area contributed by atoms with E-state index in [1.54, 1.807) is 30.3 Å². The van der Waals surface area contributed by atoms with Gasteiger partial charge in [0, 0.05) is 18.7 Å². The topological polar surface area (TPSA) is 131 Å². The minimum absolute atomic E-state index is 0.131. The number of hydrogen-bond donors (Lipinski definition) is 3. The van der Waals surface area contributed by atoms with Crippen molar-refractivity contribution in [2.24, 2.45) is 0 Å². The van der Waals surface area contributed by atoms with Crippen molar-refractivity contribution in [1.29, 1.82) is 0 Å². The second-order valence-electron chi connectivity index (χ2n) is 7.87. The number of carboxylic acid groups (broad SMARTS) is 2. The van der Waals surface area contributed by atoms with Crippen molar-refractivity contribution in [2.75, 3.05) is 13.7 Å². The van der Waals surface area contributed by atoms with E-state index >= 15 is 0 Å². The van der Waals surface area contributed by atoms with Crippen LogP contribution in [0.25, 0.3) is 11.1 Å². The van der Waals surface area contributed by atoms with E-state index in [1.807, 2.05) is 30.3 Å². The third kappa shape index (κ3) is 7.85. The van der Waals surface area contributed by atoms with Crippen molar-refractivity contribution in [3.05, 3.63) is 83.4 Å². The first-order chi connectivity index (χ1) is 17.4. The van der Waals surface area contributed by atoms with E-state index in [-0.39, 0.29) is 37.7 Å². The molecule has 3 rings (SSSR count). The number of carbonyl (C=O) groups excluding carboxylic acids is 1. The molecule has 0 radical (unpaired) electrons. The molecule has 0 aromatic heterocycles. The quantitative estimate of drug-likeness (QED) is 0.192. The van der Waals surface area contributed by atoms with Gasteiger partial charge in [-0.25, -0.2) is 4.79 Å². The third-order valence-electron chi connectivity index (χ3n) is 5.26. The van der Waals surface area contributed by atoms with Crippen LogP contribution >= 0.6 is 0 Å². The van der Waals surface area contributed by atoms with Crippen molar-refractivity contribution in [2.45, 2.75) is 26.0 Å². The van der Waals surface area contributed by atoms with E-state index in [1.165, 1.54) is 13.2 Å². The van der Waals surface area contributed by atoms with E-state index in [0.717, 1.165) is 5.56 Å². The third-order valence-corrected chi connectivity index (χ3v) is 5.26. The average Bonchev–Trinajstić information content (AvgIpc) is 2.85. The van der Waals surface area contributed by atoms with Crippen molar-refractivity contribution < 1.29 is 38.8 Å². The summed E-state index contributed by atoms with van der Waals surface area (Å²) in [5.74, 6) is -0.650. The van der Waals surface area contributed by atoms with E-state index in [4.69, 9.17) is 24.4 Å². The Morgan fingerprint density at radius 3 is 2.36 bits per heavy atom. The van der Waals surface area contributed by atoms with Crippen molar-refractivity contribution in [3.8, 4) is 22.6 Å². The van der Waals surface area contributed by atoms with Crippen LogP contribution < -0.4 is 14.8 Å². The van der Waals surface area contributed by atoms with Crippen LogP contribution in [0.15, 0.2) is 66.7 Å². The first-order valence-corrected chi connectivity index (χ1v) is 11.2. The van der Waals surface area contributed by atoms with Gasteiger partial charge in [-0.15, -0.1) is 0 Å². The molecule has 3 aromatic carbocycles. The number of rotatable bonds is 12. The van der Waals surface area contributed by atoms with Gasteiger partial charge >= 0.3 is 18.1 Å². The Morgan fingerprint density at radius 1 is 0.889 bits per heavy atom. The Morgan fingerprint density at radius 2 is 1.67 bits per heavy atom.